The molecule has 0 bridgehead atoms. The van der Waals surface area contributed by atoms with Crippen LogP contribution in [0.1, 0.15) is 29.7 Å². The summed E-state index contributed by atoms with van der Waals surface area (Å²) in [6, 6.07) is 8.86. The highest BCUT2D eigenvalue weighted by atomic mass is 19.1. The third-order valence-electron chi connectivity index (χ3n) is 4.46. The van der Waals surface area contributed by atoms with E-state index in [1.54, 1.807) is 47.4 Å². The van der Waals surface area contributed by atoms with Gasteiger partial charge in [-0.2, -0.15) is 0 Å². The highest BCUT2D eigenvalue weighted by Gasteiger charge is 2.14. The molecule has 6 nitrogen and oxygen atoms in total. The Kier molecular flexibility index (Phi) is 7.49. The van der Waals surface area contributed by atoms with Gasteiger partial charge in [-0.3, -0.25) is 4.99 Å². The van der Waals surface area contributed by atoms with Crippen LogP contribution >= 0.6 is 0 Å². The SMILES string of the molecule is CN=C(NCc1cc(OC)c(OC)c(OC)c1)NC(C)c1ccc(C)c(F)c1. The standard InChI is InChI=1S/C21H28FN3O3/c1-13-7-8-16(11-17(13)22)14(2)25-21(23-3)24-12-15-9-18(26-4)20(28-6)19(10-15)27-5/h7-11,14H,12H2,1-6H3,(H2,23,24,25). The van der Waals surface area contributed by atoms with Crippen molar-refractivity contribution in [3.8, 4) is 17.2 Å². The zero-order valence-corrected chi connectivity index (χ0v) is 17.2. The lowest BCUT2D eigenvalue weighted by Crippen LogP contribution is -2.38. The van der Waals surface area contributed by atoms with Gasteiger partial charge in [-0.15, -0.1) is 0 Å². The average molecular weight is 389 g/mol. The summed E-state index contributed by atoms with van der Waals surface area (Å²) < 4.78 is 29.9. The molecule has 0 aliphatic rings. The number of hydrogen-bond acceptors (Lipinski definition) is 4. The molecule has 1 atom stereocenters. The number of ether oxygens (including phenoxy) is 3. The van der Waals surface area contributed by atoms with Crippen LogP contribution in [0.15, 0.2) is 35.3 Å². The van der Waals surface area contributed by atoms with E-state index in [2.05, 4.69) is 15.6 Å². The number of rotatable bonds is 7. The van der Waals surface area contributed by atoms with Crippen molar-refractivity contribution in [1.82, 2.24) is 10.6 Å². The number of nitrogens with zero attached hydrogens (tertiary/aromatic N) is 1. The fraction of sp³-hybridized carbons (Fsp3) is 0.381. The highest BCUT2D eigenvalue weighted by Crippen LogP contribution is 2.38. The third kappa shape index (κ3) is 5.06. The summed E-state index contributed by atoms with van der Waals surface area (Å²) in [6.45, 7) is 4.19. The summed E-state index contributed by atoms with van der Waals surface area (Å²) >= 11 is 0. The van der Waals surface area contributed by atoms with Crippen molar-refractivity contribution < 1.29 is 18.6 Å². The Morgan fingerprint density at radius 1 is 1.07 bits per heavy atom. The summed E-state index contributed by atoms with van der Waals surface area (Å²) in [6.07, 6.45) is 0. The molecule has 0 spiro atoms. The Morgan fingerprint density at radius 3 is 2.21 bits per heavy atom. The third-order valence-corrected chi connectivity index (χ3v) is 4.46. The first-order valence-electron chi connectivity index (χ1n) is 8.95. The molecule has 0 aliphatic heterocycles. The lowest BCUT2D eigenvalue weighted by molar-refractivity contribution is 0.323. The largest absolute Gasteiger partial charge is 0.493 e. The van der Waals surface area contributed by atoms with Gasteiger partial charge in [0.1, 0.15) is 5.82 Å². The summed E-state index contributed by atoms with van der Waals surface area (Å²) in [5, 5.41) is 6.51. The van der Waals surface area contributed by atoms with Gasteiger partial charge in [0.15, 0.2) is 17.5 Å². The smallest absolute Gasteiger partial charge is 0.203 e. The topological polar surface area (TPSA) is 64.1 Å². The number of halogens is 1. The summed E-state index contributed by atoms with van der Waals surface area (Å²) in [5.74, 6) is 2.11. The normalized spacial score (nSPS) is 12.3. The summed E-state index contributed by atoms with van der Waals surface area (Å²) in [4.78, 5) is 4.24. The van der Waals surface area contributed by atoms with E-state index in [1.807, 2.05) is 25.1 Å². The minimum Gasteiger partial charge on any atom is -0.493 e. The Bertz CT molecular complexity index is 815. The molecule has 2 aromatic carbocycles. The lowest BCUT2D eigenvalue weighted by atomic mass is 10.1. The predicted molar refractivity (Wildman–Crippen MR) is 109 cm³/mol. The van der Waals surface area contributed by atoms with Gasteiger partial charge < -0.3 is 24.8 Å². The van der Waals surface area contributed by atoms with Crippen LogP contribution in [-0.2, 0) is 6.54 Å². The van der Waals surface area contributed by atoms with E-state index in [1.165, 1.54) is 0 Å². The summed E-state index contributed by atoms with van der Waals surface area (Å²) in [5.41, 5.74) is 2.41. The van der Waals surface area contributed by atoms with Gasteiger partial charge in [-0.25, -0.2) is 4.39 Å². The molecule has 0 amide bonds. The van der Waals surface area contributed by atoms with E-state index in [4.69, 9.17) is 14.2 Å². The van der Waals surface area contributed by atoms with Crippen LogP contribution in [0.2, 0.25) is 0 Å². The molecule has 0 radical (unpaired) electrons. The molecule has 0 aliphatic carbocycles. The maximum atomic E-state index is 13.8. The zero-order chi connectivity index (χ0) is 20.7. The van der Waals surface area contributed by atoms with Gasteiger partial charge in [-0.1, -0.05) is 12.1 Å². The second kappa shape index (κ2) is 9.82. The number of guanidine groups is 1. The van der Waals surface area contributed by atoms with E-state index in [0.717, 1.165) is 11.1 Å². The summed E-state index contributed by atoms with van der Waals surface area (Å²) in [7, 11) is 6.42. The van der Waals surface area contributed by atoms with E-state index in [-0.39, 0.29) is 11.9 Å². The molecular formula is C21H28FN3O3. The van der Waals surface area contributed by atoms with Gasteiger partial charge in [0.25, 0.3) is 0 Å². The van der Waals surface area contributed by atoms with E-state index in [9.17, 15) is 4.39 Å². The minimum absolute atomic E-state index is 0.110. The molecule has 28 heavy (non-hydrogen) atoms. The van der Waals surface area contributed by atoms with Crippen molar-refractivity contribution in [2.24, 2.45) is 4.99 Å². The average Bonchev–Trinajstić information content (AvgIpc) is 2.71. The molecular weight excluding hydrogens is 361 g/mol. The molecule has 0 saturated carbocycles. The molecule has 2 aromatic rings. The zero-order valence-electron chi connectivity index (χ0n) is 17.2. The monoisotopic (exact) mass is 389 g/mol. The first-order valence-corrected chi connectivity index (χ1v) is 8.95. The Labute approximate surface area is 165 Å². The number of aryl methyl sites for hydroxylation is 1. The molecule has 152 valence electrons. The van der Waals surface area contributed by atoms with Crippen molar-refractivity contribution in [1.29, 1.82) is 0 Å². The number of aliphatic imine (C=N–C) groups is 1. The molecule has 2 N–H and O–H groups in total. The number of nitrogens with one attached hydrogen (secondary N) is 2. The van der Waals surface area contributed by atoms with E-state index in [0.29, 0.717) is 35.3 Å². The van der Waals surface area contributed by atoms with Crippen LogP contribution in [0, 0.1) is 12.7 Å². The van der Waals surface area contributed by atoms with Gasteiger partial charge in [0.05, 0.1) is 27.4 Å². The lowest BCUT2D eigenvalue weighted by Gasteiger charge is -2.19. The van der Waals surface area contributed by atoms with Crippen LogP contribution in [-0.4, -0.2) is 34.3 Å². The number of methoxy groups -OCH3 is 3. The van der Waals surface area contributed by atoms with Crippen molar-refractivity contribution in [2.75, 3.05) is 28.4 Å². The van der Waals surface area contributed by atoms with E-state index >= 15 is 0 Å². The van der Waals surface area contributed by atoms with Crippen molar-refractivity contribution in [3.63, 3.8) is 0 Å². The fourth-order valence-electron chi connectivity index (χ4n) is 2.78. The highest BCUT2D eigenvalue weighted by molar-refractivity contribution is 5.80. The van der Waals surface area contributed by atoms with Gasteiger partial charge in [0, 0.05) is 13.6 Å². The second-order valence-corrected chi connectivity index (χ2v) is 6.33. The molecule has 0 aromatic heterocycles. The van der Waals surface area contributed by atoms with Gasteiger partial charge in [-0.05, 0) is 48.7 Å². The minimum atomic E-state index is -0.216. The predicted octanol–water partition coefficient (Wildman–Crippen LogP) is 3.59. The van der Waals surface area contributed by atoms with Crippen LogP contribution in [0.25, 0.3) is 0 Å². The number of hydrogen-bond donors (Lipinski definition) is 2. The molecule has 0 saturated heterocycles. The Hall–Kier alpha value is -2.96. The molecule has 2 rings (SSSR count). The molecule has 0 heterocycles. The quantitative estimate of drug-likeness (QED) is 0.560. The van der Waals surface area contributed by atoms with Crippen LogP contribution < -0.4 is 24.8 Å². The van der Waals surface area contributed by atoms with Crippen molar-refractivity contribution in [2.45, 2.75) is 26.4 Å². The Balaban J connectivity index is 2.08. The number of benzene rings is 2. The first kappa shape index (κ1) is 21.3. The maximum Gasteiger partial charge on any atom is 0.203 e. The van der Waals surface area contributed by atoms with Crippen LogP contribution in [0.5, 0.6) is 17.2 Å². The molecule has 1 unspecified atom stereocenters. The van der Waals surface area contributed by atoms with Gasteiger partial charge >= 0.3 is 0 Å². The first-order chi connectivity index (χ1) is 13.4. The van der Waals surface area contributed by atoms with Crippen LogP contribution in [0.3, 0.4) is 0 Å². The molecule has 0 fully saturated rings. The van der Waals surface area contributed by atoms with Gasteiger partial charge in [0.2, 0.25) is 5.75 Å². The fourth-order valence-corrected chi connectivity index (χ4v) is 2.78. The Morgan fingerprint density at radius 2 is 1.71 bits per heavy atom. The van der Waals surface area contributed by atoms with Crippen LogP contribution in [0.4, 0.5) is 4.39 Å². The van der Waals surface area contributed by atoms with E-state index < -0.39 is 0 Å². The second-order valence-electron chi connectivity index (χ2n) is 6.33. The molecule has 7 heteroatoms. The van der Waals surface area contributed by atoms with Crippen molar-refractivity contribution in [3.05, 3.63) is 52.8 Å². The van der Waals surface area contributed by atoms with Crippen molar-refractivity contribution >= 4 is 5.96 Å². The maximum absolute atomic E-state index is 13.8.